The molecule has 0 aliphatic rings. The zero-order valence-corrected chi connectivity index (χ0v) is 15.1. The first kappa shape index (κ1) is 20.3. The SMILES string of the molecule is CCCC(C)CCCc1ccc(-c2ccc(OC(F)F)c(F)c2)c(F)c1. The van der Waals surface area contributed by atoms with Gasteiger partial charge in [-0.05, 0) is 48.1 Å². The minimum Gasteiger partial charge on any atom is -0.432 e. The standard InChI is InChI=1S/C21H24F4O/c1-3-5-14(2)6-4-7-15-8-10-17(18(22)12-15)16-9-11-20(19(23)13-16)26-21(24)25/h8-14,21H,3-7H2,1-2H3. The van der Waals surface area contributed by atoms with Crippen LogP contribution in [0.3, 0.4) is 0 Å². The number of alkyl halides is 2. The predicted molar refractivity (Wildman–Crippen MR) is 95.4 cm³/mol. The van der Waals surface area contributed by atoms with Crippen LogP contribution < -0.4 is 4.74 Å². The molecule has 26 heavy (non-hydrogen) atoms. The van der Waals surface area contributed by atoms with Gasteiger partial charge in [0.2, 0.25) is 0 Å². The highest BCUT2D eigenvalue weighted by molar-refractivity contribution is 5.65. The summed E-state index contributed by atoms with van der Waals surface area (Å²) in [6, 6.07) is 8.33. The third-order valence-electron chi connectivity index (χ3n) is 4.44. The molecule has 0 saturated heterocycles. The Bertz CT molecular complexity index is 715. The number of rotatable bonds is 9. The maximum absolute atomic E-state index is 14.4. The van der Waals surface area contributed by atoms with E-state index in [-0.39, 0.29) is 11.1 Å². The van der Waals surface area contributed by atoms with Crippen molar-refractivity contribution in [2.45, 2.75) is 52.6 Å². The molecular weight excluding hydrogens is 344 g/mol. The molecule has 5 heteroatoms. The fraction of sp³-hybridized carbons (Fsp3) is 0.429. The van der Waals surface area contributed by atoms with Crippen LogP contribution in [0.25, 0.3) is 11.1 Å². The Hall–Kier alpha value is -2.04. The van der Waals surface area contributed by atoms with E-state index < -0.39 is 24.0 Å². The first-order chi connectivity index (χ1) is 12.4. The number of hydrogen-bond acceptors (Lipinski definition) is 1. The molecule has 0 heterocycles. The quantitative estimate of drug-likeness (QED) is 0.433. The van der Waals surface area contributed by atoms with E-state index in [2.05, 4.69) is 18.6 Å². The normalized spacial score (nSPS) is 12.4. The van der Waals surface area contributed by atoms with Crippen LogP contribution in [0, 0.1) is 17.6 Å². The molecule has 2 aromatic rings. The van der Waals surface area contributed by atoms with Crippen molar-refractivity contribution in [1.82, 2.24) is 0 Å². The van der Waals surface area contributed by atoms with Gasteiger partial charge in [0.05, 0.1) is 0 Å². The summed E-state index contributed by atoms with van der Waals surface area (Å²) in [5, 5.41) is 0. The Kier molecular flexibility index (Phi) is 7.49. The van der Waals surface area contributed by atoms with E-state index >= 15 is 0 Å². The lowest BCUT2D eigenvalue weighted by atomic mass is 9.96. The fourth-order valence-corrected chi connectivity index (χ4v) is 3.10. The first-order valence-corrected chi connectivity index (χ1v) is 8.93. The van der Waals surface area contributed by atoms with Crippen molar-refractivity contribution in [3.05, 3.63) is 53.6 Å². The lowest BCUT2D eigenvalue weighted by molar-refractivity contribution is -0.0521. The van der Waals surface area contributed by atoms with E-state index in [0.29, 0.717) is 5.92 Å². The Morgan fingerprint density at radius 1 is 0.962 bits per heavy atom. The van der Waals surface area contributed by atoms with Crippen LogP contribution in [-0.2, 0) is 6.42 Å². The van der Waals surface area contributed by atoms with Crippen molar-refractivity contribution in [3.8, 4) is 16.9 Å². The van der Waals surface area contributed by atoms with Gasteiger partial charge in [-0.3, -0.25) is 0 Å². The molecule has 0 aliphatic carbocycles. The molecule has 2 rings (SSSR count). The van der Waals surface area contributed by atoms with Gasteiger partial charge in [0.25, 0.3) is 0 Å². The number of ether oxygens (including phenoxy) is 1. The van der Waals surface area contributed by atoms with E-state index in [4.69, 9.17) is 0 Å². The zero-order valence-electron chi connectivity index (χ0n) is 15.1. The molecule has 0 amide bonds. The van der Waals surface area contributed by atoms with E-state index in [0.717, 1.165) is 37.0 Å². The zero-order chi connectivity index (χ0) is 19.1. The van der Waals surface area contributed by atoms with Gasteiger partial charge in [-0.25, -0.2) is 8.78 Å². The second kappa shape index (κ2) is 9.60. The summed E-state index contributed by atoms with van der Waals surface area (Å²) in [6.45, 7) is 1.29. The van der Waals surface area contributed by atoms with E-state index in [9.17, 15) is 17.6 Å². The number of hydrogen-bond donors (Lipinski definition) is 0. The monoisotopic (exact) mass is 368 g/mol. The second-order valence-corrected chi connectivity index (χ2v) is 6.62. The Labute approximate surface area is 152 Å². The molecule has 0 fully saturated rings. The summed E-state index contributed by atoms with van der Waals surface area (Å²) >= 11 is 0. The maximum atomic E-state index is 14.4. The van der Waals surface area contributed by atoms with E-state index in [1.807, 2.05) is 6.07 Å². The highest BCUT2D eigenvalue weighted by Crippen LogP contribution is 2.29. The summed E-state index contributed by atoms with van der Waals surface area (Å²) in [5.74, 6) is -1.29. The van der Waals surface area contributed by atoms with E-state index in [1.165, 1.54) is 25.0 Å². The van der Waals surface area contributed by atoms with Crippen molar-refractivity contribution >= 4 is 0 Å². The van der Waals surface area contributed by atoms with Crippen LogP contribution >= 0.6 is 0 Å². The summed E-state index contributed by atoms with van der Waals surface area (Å²) in [7, 11) is 0. The molecule has 1 unspecified atom stereocenters. The minimum absolute atomic E-state index is 0.232. The van der Waals surface area contributed by atoms with E-state index in [1.54, 1.807) is 6.07 Å². The minimum atomic E-state index is -3.11. The lowest BCUT2D eigenvalue weighted by Crippen LogP contribution is -2.03. The van der Waals surface area contributed by atoms with Crippen LogP contribution in [0.1, 0.15) is 45.1 Å². The first-order valence-electron chi connectivity index (χ1n) is 8.93. The number of benzene rings is 2. The largest absolute Gasteiger partial charge is 0.432 e. The van der Waals surface area contributed by atoms with Gasteiger partial charge < -0.3 is 4.74 Å². The molecule has 0 radical (unpaired) electrons. The molecule has 0 N–H and O–H groups in total. The van der Waals surface area contributed by atoms with Crippen LogP contribution in [0.15, 0.2) is 36.4 Å². The average Bonchev–Trinajstić information content (AvgIpc) is 2.57. The van der Waals surface area contributed by atoms with Gasteiger partial charge in [-0.2, -0.15) is 8.78 Å². The molecule has 0 bridgehead atoms. The van der Waals surface area contributed by atoms with Gasteiger partial charge in [-0.1, -0.05) is 51.3 Å². The lowest BCUT2D eigenvalue weighted by Gasteiger charge is -2.11. The molecule has 142 valence electrons. The molecule has 2 aromatic carbocycles. The summed E-state index contributed by atoms with van der Waals surface area (Å²) in [5.41, 5.74) is 1.41. The van der Waals surface area contributed by atoms with Crippen molar-refractivity contribution in [2.75, 3.05) is 0 Å². The van der Waals surface area contributed by atoms with Crippen molar-refractivity contribution < 1.29 is 22.3 Å². The predicted octanol–water partition coefficient (Wildman–Crippen LogP) is 6.99. The van der Waals surface area contributed by atoms with Gasteiger partial charge >= 0.3 is 6.61 Å². The molecular formula is C21H24F4O. The Morgan fingerprint density at radius 2 is 1.73 bits per heavy atom. The fourth-order valence-electron chi connectivity index (χ4n) is 3.10. The molecule has 1 atom stereocenters. The molecule has 0 aliphatic heterocycles. The van der Waals surface area contributed by atoms with Crippen LogP contribution in [-0.4, -0.2) is 6.61 Å². The van der Waals surface area contributed by atoms with Gasteiger partial charge in [-0.15, -0.1) is 0 Å². The highest BCUT2D eigenvalue weighted by Gasteiger charge is 2.13. The van der Waals surface area contributed by atoms with Crippen molar-refractivity contribution in [1.29, 1.82) is 0 Å². The third-order valence-corrected chi connectivity index (χ3v) is 4.44. The summed E-state index contributed by atoms with van der Waals surface area (Å²) in [4.78, 5) is 0. The maximum Gasteiger partial charge on any atom is 0.387 e. The highest BCUT2D eigenvalue weighted by atomic mass is 19.3. The van der Waals surface area contributed by atoms with Gasteiger partial charge in [0.15, 0.2) is 11.6 Å². The Morgan fingerprint density at radius 3 is 2.35 bits per heavy atom. The third kappa shape index (κ3) is 5.75. The molecule has 1 nitrogen and oxygen atoms in total. The smallest absolute Gasteiger partial charge is 0.387 e. The molecule has 0 aromatic heterocycles. The molecule has 0 spiro atoms. The van der Waals surface area contributed by atoms with Crippen LogP contribution in [0.4, 0.5) is 17.6 Å². The number of aryl methyl sites for hydroxylation is 1. The number of halogens is 4. The molecule has 0 saturated carbocycles. The van der Waals surface area contributed by atoms with Gasteiger partial charge in [0.1, 0.15) is 5.82 Å². The van der Waals surface area contributed by atoms with Crippen LogP contribution in [0.5, 0.6) is 5.75 Å². The van der Waals surface area contributed by atoms with Crippen molar-refractivity contribution in [2.24, 2.45) is 5.92 Å². The van der Waals surface area contributed by atoms with Gasteiger partial charge in [0, 0.05) is 5.56 Å². The topological polar surface area (TPSA) is 9.23 Å². The Balaban J connectivity index is 2.06. The summed E-state index contributed by atoms with van der Waals surface area (Å²) in [6.07, 6.45) is 5.26. The summed E-state index contributed by atoms with van der Waals surface area (Å²) < 4.78 is 56.7. The second-order valence-electron chi connectivity index (χ2n) is 6.62. The average molecular weight is 368 g/mol. The van der Waals surface area contributed by atoms with Crippen LogP contribution in [0.2, 0.25) is 0 Å². The van der Waals surface area contributed by atoms with Crippen molar-refractivity contribution in [3.63, 3.8) is 0 Å².